The quantitative estimate of drug-likeness (QED) is 0.0302. The number of unbranched alkanes of at least 4 members (excludes halogenated alkanes) is 28. The molecule has 55 heavy (non-hydrogen) atoms. The van der Waals surface area contributed by atoms with E-state index in [1.54, 1.807) is 0 Å². The zero-order valence-electron chi connectivity index (χ0n) is 35.6. The highest BCUT2D eigenvalue weighted by atomic mass is 16.7. The number of aliphatic hydroxyl groups is 6. The molecule has 2 unspecified atom stereocenters. The Morgan fingerprint density at radius 2 is 0.945 bits per heavy atom. The third-order valence-electron chi connectivity index (χ3n) is 11.6. The minimum absolute atomic E-state index is 0.255. The van der Waals surface area contributed by atoms with Crippen LogP contribution in [-0.4, -0.2) is 98.7 Å². The Kier molecular flexibility index (Phi) is 34.4. The maximum atomic E-state index is 13.0. The monoisotopic (exact) mass is 788 g/mol. The van der Waals surface area contributed by atoms with E-state index in [-0.39, 0.29) is 18.9 Å². The van der Waals surface area contributed by atoms with Crippen LogP contribution in [0.15, 0.2) is 0 Å². The Balaban J connectivity index is 2.30. The van der Waals surface area contributed by atoms with Crippen molar-refractivity contribution in [2.24, 2.45) is 0 Å². The first kappa shape index (κ1) is 52.2. The maximum Gasteiger partial charge on any atom is 0.220 e. The van der Waals surface area contributed by atoms with Crippen LogP contribution in [0.25, 0.3) is 0 Å². The van der Waals surface area contributed by atoms with Gasteiger partial charge in [0, 0.05) is 6.42 Å². The lowest BCUT2D eigenvalue weighted by Gasteiger charge is -2.40. The third kappa shape index (κ3) is 26.7. The summed E-state index contributed by atoms with van der Waals surface area (Å²) < 4.78 is 11.1. The summed E-state index contributed by atoms with van der Waals surface area (Å²) in [6, 6.07) is -0.983. The first-order valence-electron chi connectivity index (χ1n) is 23.3. The summed E-state index contributed by atoms with van der Waals surface area (Å²) in [5.41, 5.74) is 0. The molecule has 7 N–H and O–H groups in total. The third-order valence-corrected chi connectivity index (χ3v) is 11.6. The Morgan fingerprint density at radius 3 is 1.35 bits per heavy atom. The molecule has 1 heterocycles. The summed E-state index contributed by atoms with van der Waals surface area (Å²) in [5, 5.41) is 65.0. The second kappa shape index (κ2) is 36.2. The van der Waals surface area contributed by atoms with Crippen LogP contribution in [0.1, 0.15) is 219 Å². The minimum atomic E-state index is -1.60. The predicted molar refractivity (Wildman–Crippen MR) is 223 cm³/mol. The van der Waals surface area contributed by atoms with Crippen LogP contribution in [-0.2, 0) is 14.3 Å². The molecule has 8 atom stereocenters. The van der Waals surface area contributed by atoms with Gasteiger partial charge in [-0.1, -0.05) is 200 Å². The number of aliphatic hydroxyl groups excluding tert-OH is 6. The summed E-state index contributed by atoms with van der Waals surface area (Å²) in [6.07, 6.45) is 28.4. The second-order valence-corrected chi connectivity index (χ2v) is 16.7. The normalized spacial score (nSPS) is 21.8. The van der Waals surface area contributed by atoms with Gasteiger partial charge in [-0.15, -0.1) is 0 Å². The Labute approximate surface area is 336 Å². The first-order chi connectivity index (χ1) is 26.8. The van der Waals surface area contributed by atoms with Gasteiger partial charge in [0.1, 0.15) is 30.5 Å². The maximum absolute atomic E-state index is 13.0. The molecule has 1 saturated heterocycles. The average Bonchev–Trinajstić information content (AvgIpc) is 3.18. The van der Waals surface area contributed by atoms with Gasteiger partial charge in [0.05, 0.1) is 25.4 Å². The van der Waals surface area contributed by atoms with Crippen molar-refractivity contribution >= 4 is 5.91 Å². The van der Waals surface area contributed by atoms with Crippen molar-refractivity contribution in [3.63, 3.8) is 0 Å². The molecule has 0 saturated carbocycles. The molecule has 0 aromatic heterocycles. The summed E-state index contributed by atoms with van der Waals surface area (Å²) in [5.74, 6) is -0.255. The molecule has 1 rings (SSSR count). The summed E-state index contributed by atoms with van der Waals surface area (Å²) in [4.78, 5) is 13.0. The molecular formula is C45H89NO9. The average molecular weight is 788 g/mol. The van der Waals surface area contributed by atoms with Crippen molar-refractivity contribution in [3.8, 4) is 0 Å². The molecule has 10 nitrogen and oxygen atoms in total. The van der Waals surface area contributed by atoms with Gasteiger partial charge in [0.25, 0.3) is 0 Å². The Bertz CT molecular complexity index is 849. The van der Waals surface area contributed by atoms with E-state index in [0.717, 1.165) is 44.9 Å². The Hall–Kier alpha value is -0.850. The van der Waals surface area contributed by atoms with Gasteiger partial charge in [-0.2, -0.15) is 0 Å². The van der Waals surface area contributed by atoms with E-state index >= 15 is 0 Å². The second-order valence-electron chi connectivity index (χ2n) is 16.7. The van der Waals surface area contributed by atoms with E-state index in [1.165, 1.54) is 148 Å². The van der Waals surface area contributed by atoms with Gasteiger partial charge in [-0.3, -0.25) is 4.79 Å². The van der Waals surface area contributed by atoms with Gasteiger partial charge in [-0.05, 0) is 12.8 Å². The van der Waals surface area contributed by atoms with Crippen molar-refractivity contribution in [2.45, 2.75) is 268 Å². The number of hydrogen-bond donors (Lipinski definition) is 7. The lowest BCUT2D eigenvalue weighted by atomic mass is 9.98. The van der Waals surface area contributed by atoms with E-state index in [9.17, 15) is 35.4 Å². The van der Waals surface area contributed by atoms with Crippen LogP contribution in [0.4, 0.5) is 0 Å². The molecule has 0 radical (unpaired) electrons. The van der Waals surface area contributed by atoms with E-state index in [2.05, 4.69) is 19.2 Å². The fourth-order valence-electron chi connectivity index (χ4n) is 7.73. The summed E-state index contributed by atoms with van der Waals surface area (Å²) >= 11 is 0. The van der Waals surface area contributed by atoms with Crippen molar-refractivity contribution < 1.29 is 44.9 Å². The van der Waals surface area contributed by atoms with Crippen LogP contribution in [0.5, 0.6) is 0 Å². The molecule has 1 aliphatic rings. The van der Waals surface area contributed by atoms with E-state index in [0.29, 0.717) is 6.42 Å². The molecule has 0 aliphatic carbocycles. The summed E-state index contributed by atoms with van der Waals surface area (Å²) in [7, 11) is 0. The highest BCUT2D eigenvalue weighted by molar-refractivity contribution is 5.76. The van der Waals surface area contributed by atoms with Gasteiger partial charge >= 0.3 is 0 Å². The fourth-order valence-corrected chi connectivity index (χ4v) is 7.73. The molecule has 1 amide bonds. The largest absolute Gasteiger partial charge is 0.394 e. The molecule has 0 bridgehead atoms. The first-order valence-corrected chi connectivity index (χ1v) is 23.3. The number of hydrogen-bond acceptors (Lipinski definition) is 9. The standard InChI is InChI=1S/C45H89NO9/c1-3-5-7-9-11-13-14-15-16-17-18-19-20-21-22-23-24-26-28-30-32-34-40(49)46-37(36-54-45-44(53)43(52)42(51)39(35-47)55-45)41(50)38(48)33-31-29-27-25-12-10-8-6-4-2/h37-39,41-45,47-48,50-53H,3-36H2,1-2H3,(H,46,49)/t37-,38+,39+,41-,42+,43?,44?,45+/m0/s1. The zero-order valence-corrected chi connectivity index (χ0v) is 35.6. The molecule has 328 valence electrons. The van der Waals surface area contributed by atoms with Gasteiger partial charge in [0.2, 0.25) is 5.91 Å². The van der Waals surface area contributed by atoms with Crippen molar-refractivity contribution in [1.29, 1.82) is 0 Å². The number of amides is 1. The molecule has 0 aromatic rings. The lowest BCUT2D eigenvalue weighted by molar-refractivity contribution is -0.303. The zero-order chi connectivity index (χ0) is 40.4. The predicted octanol–water partition coefficient (Wildman–Crippen LogP) is 8.53. The molecular weight excluding hydrogens is 698 g/mol. The van der Waals surface area contributed by atoms with Crippen LogP contribution in [0.2, 0.25) is 0 Å². The highest BCUT2D eigenvalue weighted by Gasteiger charge is 2.44. The van der Waals surface area contributed by atoms with Gasteiger partial charge in [0.15, 0.2) is 6.29 Å². The number of carbonyl (C=O) groups is 1. The van der Waals surface area contributed by atoms with Crippen molar-refractivity contribution in [2.75, 3.05) is 13.2 Å². The van der Waals surface area contributed by atoms with Crippen molar-refractivity contribution in [1.82, 2.24) is 5.32 Å². The summed E-state index contributed by atoms with van der Waals surface area (Å²) in [6.45, 7) is 3.59. The highest BCUT2D eigenvalue weighted by Crippen LogP contribution is 2.23. The molecule has 1 fully saturated rings. The van der Waals surface area contributed by atoms with Crippen molar-refractivity contribution in [3.05, 3.63) is 0 Å². The number of rotatable bonds is 39. The molecule has 1 aliphatic heterocycles. The molecule has 10 heteroatoms. The number of carbonyl (C=O) groups excluding carboxylic acids is 1. The van der Waals surface area contributed by atoms with Crippen LogP contribution in [0.3, 0.4) is 0 Å². The number of ether oxygens (including phenoxy) is 2. The van der Waals surface area contributed by atoms with Crippen LogP contribution < -0.4 is 5.32 Å². The topological polar surface area (TPSA) is 169 Å². The minimum Gasteiger partial charge on any atom is -0.394 e. The molecule has 0 spiro atoms. The lowest BCUT2D eigenvalue weighted by Crippen LogP contribution is -2.60. The van der Waals surface area contributed by atoms with Crippen LogP contribution >= 0.6 is 0 Å². The van der Waals surface area contributed by atoms with E-state index in [1.807, 2.05) is 0 Å². The van der Waals surface area contributed by atoms with Crippen LogP contribution in [0, 0.1) is 0 Å². The van der Waals surface area contributed by atoms with E-state index in [4.69, 9.17) is 9.47 Å². The van der Waals surface area contributed by atoms with Gasteiger partial charge in [-0.25, -0.2) is 0 Å². The van der Waals surface area contributed by atoms with E-state index < -0.39 is 55.6 Å². The smallest absolute Gasteiger partial charge is 0.220 e. The SMILES string of the molecule is CCCCCCCCCCCCCCCCCCCCCCCC(=O)N[C@@H](CO[C@@H]1O[C@H](CO)[C@@H](O)C(O)C1O)[C@H](O)[C@H](O)CCCCCCCCCCC. The number of nitrogens with one attached hydrogen (secondary N) is 1. The molecule has 0 aromatic carbocycles. The Morgan fingerprint density at radius 1 is 0.564 bits per heavy atom. The fraction of sp³-hybridized carbons (Fsp3) is 0.978. The van der Waals surface area contributed by atoms with Gasteiger partial charge < -0.3 is 45.4 Å².